The molecule has 2 N–H and O–H groups in total. The minimum absolute atomic E-state index is 0.0727. The number of aromatic nitrogens is 2. The van der Waals surface area contributed by atoms with Gasteiger partial charge in [0.2, 0.25) is 11.0 Å². The third-order valence-electron chi connectivity index (χ3n) is 3.25. The van der Waals surface area contributed by atoms with E-state index in [0.29, 0.717) is 39.8 Å². The topological polar surface area (TPSA) is 122 Å². The predicted octanol–water partition coefficient (Wildman–Crippen LogP) is 2.53. The molecule has 0 aliphatic carbocycles. The second-order valence-electron chi connectivity index (χ2n) is 5.10. The summed E-state index contributed by atoms with van der Waals surface area (Å²) in [5.74, 6) is -0.346. The maximum atomic E-state index is 11.9. The van der Waals surface area contributed by atoms with Gasteiger partial charge in [0.25, 0.3) is 6.47 Å². The Labute approximate surface area is 167 Å². The Balaban J connectivity index is 0.000000817. The molecule has 1 aromatic carbocycles. The molecule has 27 heavy (non-hydrogen) atoms. The number of carboxylic acid groups (broad SMARTS) is 1. The van der Waals surface area contributed by atoms with Crippen molar-refractivity contribution in [3.63, 3.8) is 0 Å². The van der Waals surface area contributed by atoms with Crippen molar-refractivity contribution in [1.82, 2.24) is 15.1 Å². The minimum Gasteiger partial charge on any atom is -0.483 e. The fourth-order valence-electron chi connectivity index (χ4n) is 2.10. The lowest BCUT2D eigenvalue weighted by atomic mass is 10.2. The van der Waals surface area contributed by atoms with E-state index in [-0.39, 0.29) is 18.9 Å². The number of hydrogen-bond acceptors (Lipinski definition) is 7. The Morgan fingerprint density at radius 3 is 2.78 bits per heavy atom. The fraction of sp³-hybridized carbons (Fsp3) is 0.267. The Kier molecular flexibility index (Phi) is 7.77. The molecule has 12 heteroatoms. The van der Waals surface area contributed by atoms with Gasteiger partial charge in [0.05, 0.1) is 6.54 Å². The number of nitrogens with zero attached hydrogens (tertiary/aromatic N) is 3. The number of anilines is 1. The van der Waals surface area contributed by atoms with Crippen LogP contribution in [-0.2, 0) is 20.7 Å². The normalized spacial score (nSPS) is 12.8. The minimum atomic E-state index is -0.486. The zero-order chi connectivity index (χ0) is 19.8. The number of cyclic esters (lactones) is 1. The molecule has 1 saturated heterocycles. The molecular formula is C15H14Cl2N4O5S. The van der Waals surface area contributed by atoms with E-state index in [0.717, 1.165) is 5.56 Å². The average Bonchev–Trinajstić information content (AvgIpc) is 3.20. The number of carbonyl (C=O) groups excluding carboxylic acids is 2. The Morgan fingerprint density at radius 1 is 1.41 bits per heavy atom. The predicted molar refractivity (Wildman–Crippen MR) is 99.4 cm³/mol. The standard InChI is InChI=1S/C14H12Cl2N4O3S.CH2O2/c15-9-2-1-8(10(16)6-9)5-12-18-19-13(24-12)17-11(21)7-20-3-4-23-14(20)22;2-1-3/h1-2,6H,3-5,7H2,(H,17,19,21);1H,(H,2,3). The van der Waals surface area contributed by atoms with Gasteiger partial charge in [-0.1, -0.05) is 40.6 Å². The molecule has 0 spiro atoms. The lowest BCUT2D eigenvalue weighted by Crippen LogP contribution is -2.33. The third-order valence-corrected chi connectivity index (χ3v) is 4.68. The maximum absolute atomic E-state index is 11.9. The van der Waals surface area contributed by atoms with E-state index in [1.807, 2.05) is 6.07 Å². The highest BCUT2D eigenvalue weighted by atomic mass is 35.5. The largest absolute Gasteiger partial charge is 0.483 e. The average molecular weight is 433 g/mol. The molecule has 1 aromatic heterocycles. The monoisotopic (exact) mass is 432 g/mol. The van der Waals surface area contributed by atoms with Crippen molar-refractivity contribution in [2.75, 3.05) is 25.0 Å². The molecule has 1 aliphatic rings. The van der Waals surface area contributed by atoms with Gasteiger partial charge in [0.15, 0.2) is 0 Å². The van der Waals surface area contributed by atoms with E-state index < -0.39 is 6.09 Å². The summed E-state index contributed by atoms with van der Waals surface area (Å²) in [6.45, 7) is 0.385. The van der Waals surface area contributed by atoms with Crippen LogP contribution in [0, 0.1) is 0 Å². The van der Waals surface area contributed by atoms with Gasteiger partial charge in [-0.15, -0.1) is 10.2 Å². The van der Waals surface area contributed by atoms with Gasteiger partial charge in [0, 0.05) is 16.5 Å². The van der Waals surface area contributed by atoms with Crippen molar-refractivity contribution in [3.05, 3.63) is 38.8 Å². The summed E-state index contributed by atoms with van der Waals surface area (Å²) in [6, 6.07) is 5.24. The quantitative estimate of drug-likeness (QED) is 0.695. The van der Waals surface area contributed by atoms with Gasteiger partial charge in [-0.25, -0.2) is 4.79 Å². The van der Waals surface area contributed by atoms with Crippen LogP contribution >= 0.6 is 34.5 Å². The number of nitrogens with one attached hydrogen (secondary N) is 1. The first-order valence-electron chi connectivity index (χ1n) is 7.48. The van der Waals surface area contributed by atoms with Crippen LogP contribution in [0.2, 0.25) is 10.0 Å². The smallest absolute Gasteiger partial charge is 0.410 e. The maximum Gasteiger partial charge on any atom is 0.410 e. The summed E-state index contributed by atoms with van der Waals surface area (Å²) in [6.07, 6.45) is 0.00242. The van der Waals surface area contributed by atoms with E-state index >= 15 is 0 Å². The SMILES string of the molecule is O=C(CN1CCOC1=O)Nc1nnc(Cc2ccc(Cl)cc2Cl)s1.O=CO. The van der Waals surface area contributed by atoms with Crippen molar-refractivity contribution in [1.29, 1.82) is 0 Å². The zero-order valence-electron chi connectivity index (χ0n) is 13.7. The van der Waals surface area contributed by atoms with Crippen LogP contribution in [0.3, 0.4) is 0 Å². The first kappa shape index (κ1) is 20.9. The molecular weight excluding hydrogens is 419 g/mol. The second-order valence-corrected chi connectivity index (χ2v) is 7.01. The first-order chi connectivity index (χ1) is 12.9. The van der Waals surface area contributed by atoms with Crippen LogP contribution in [0.4, 0.5) is 9.93 Å². The summed E-state index contributed by atoms with van der Waals surface area (Å²) in [5.41, 5.74) is 0.870. The van der Waals surface area contributed by atoms with Gasteiger partial charge < -0.3 is 9.84 Å². The lowest BCUT2D eigenvalue weighted by molar-refractivity contribution is -0.123. The molecule has 2 amide bonds. The summed E-state index contributed by atoms with van der Waals surface area (Å²) in [7, 11) is 0. The molecule has 1 fully saturated rings. The number of benzene rings is 1. The van der Waals surface area contributed by atoms with Crippen LogP contribution in [-0.4, -0.2) is 58.4 Å². The number of hydrogen-bond donors (Lipinski definition) is 2. The fourth-order valence-corrected chi connectivity index (χ4v) is 3.36. The molecule has 1 aliphatic heterocycles. The molecule has 0 atom stereocenters. The number of rotatable bonds is 5. The van der Waals surface area contributed by atoms with E-state index in [9.17, 15) is 9.59 Å². The molecule has 0 bridgehead atoms. The molecule has 0 radical (unpaired) electrons. The van der Waals surface area contributed by atoms with Crippen molar-refractivity contribution in [2.24, 2.45) is 0 Å². The lowest BCUT2D eigenvalue weighted by Gasteiger charge is -2.10. The Bertz CT molecular complexity index is 832. The van der Waals surface area contributed by atoms with Gasteiger partial charge in [-0.05, 0) is 17.7 Å². The summed E-state index contributed by atoms with van der Waals surface area (Å²) in [4.78, 5) is 32.9. The third kappa shape index (κ3) is 6.35. The molecule has 2 aromatic rings. The van der Waals surface area contributed by atoms with E-state index in [1.54, 1.807) is 12.1 Å². The highest BCUT2D eigenvalue weighted by molar-refractivity contribution is 7.15. The van der Waals surface area contributed by atoms with Crippen LogP contribution in [0.25, 0.3) is 0 Å². The molecule has 0 unspecified atom stereocenters. The summed E-state index contributed by atoms with van der Waals surface area (Å²) >= 11 is 13.2. The van der Waals surface area contributed by atoms with E-state index in [1.165, 1.54) is 16.2 Å². The van der Waals surface area contributed by atoms with Crippen LogP contribution in [0.5, 0.6) is 0 Å². The molecule has 0 saturated carbocycles. The molecule has 9 nitrogen and oxygen atoms in total. The van der Waals surface area contributed by atoms with Crippen LogP contribution in [0.15, 0.2) is 18.2 Å². The van der Waals surface area contributed by atoms with Crippen LogP contribution < -0.4 is 5.32 Å². The number of halogens is 2. The number of ether oxygens (including phenoxy) is 1. The van der Waals surface area contributed by atoms with E-state index in [4.69, 9.17) is 37.8 Å². The summed E-state index contributed by atoms with van der Waals surface area (Å²) in [5, 5.41) is 19.7. The highest BCUT2D eigenvalue weighted by Gasteiger charge is 2.24. The van der Waals surface area contributed by atoms with Crippen molar-refractivity contribution >= 4 is 58.1 Å². The number of amides is 2. The van der Waals surface area contributed by atoms with Crippen molar-refractivity contribution in [2.45, 2.75) is 6.42 Å². The first-order valence-corrected chi connectivity index (χ1v) is 9.06. The number of carbonyl (C=O) groups is 3. The van der Waals surface area contributed by atoms with Gasteiger partial charge in [-0.3, -0.25) is 19.8 Å². The van der Waals surface area contributed by atoms with E-state index in [2.05, 4.69) is 15.5 Å². The van der Waals surface area contributed by atoms with Crippen molar-refractivity contribution in [3.8, 4) is 0 Å². The second kappa shape index (κ2) is 10.0. The van der Waals surface area contributed by atoms with Crippen molar-refractivity contribution < 1.29 is 24.2 Å². The molecule has 3 rings (SSSR count). The molecule has 144 valence electrons. The van der Waals surface area contributed by atoms with Gasteiger partial charge in [0.1, 0.15) is 18.2 Å². The van der Waals surface area contributed by atoms with Gasteiger partial charge >= 0.3 is 6.09 Å². The summed E-state index contributed by atoms with van der Waals surface area (Å²) < 4.78 is 4.77. The zero-order valence-corrected chi connectivity index (χ0v) is 16.1. The molecule has 2 heterocycles. The highest BCUT2D eigenvalue weighted by Crippen LogP contribution is 2.25. The Morgan fingerprint density at radius 2 is 2.15 bits per heavy atom. The van der Waals surface area contributed by atoms with Crippen LogP contribution in [0.1, 0.15) is 10.6 Å². The Hall–Kier alpha value is -2.43. The van der Waals surface area contributed by atoms with Gasteiger partial charge in [-0.2, -0.15) is 0 Å².